The van der Waals surface area contributed by atoms with Crippen LogP contribution >= 0.6 is 0 Å². The fraction of sp³-hybridized carbons (Fsp3) is 0.174. The third kappa shape index (κ3) is 3.87. The van der Waals surface area contributed by atoms with E-state index >= 15 is 0 Å². The Hall–Kier alpha value is -4.07. The molecule has 1 aliphatic heterocycles. The number of nitrogens with one attached hydrogen (secondary N) is 1. The number of amides is 1. The summed E-state index contributed by atoms with van der Waals surface area (Å²) in [5.74, 6) is 2.80. The first-order valence-electron chi connectivity index (χ1n) is 9.83. The topological polar surface area (TPSA) is 87.0 Å². The molecule has 8 heteroatoms. The molecule has 156 valence electrons. The highest BCUT2D eigenvalue weighted by molar-refractivity contribution is 5.94. The van der Waals surface area contributed by atoms with Crippen molar-refractivity contribution in [1.82, 2.24) is 19.9 Å². The molecular formula is C23H20N4O4. The number of ether oxygens (including phenoxy) is 3. The van der Waals surface area contributed by atoms with Crippen molar-refractivity contribution in [3.05, 3.63) is 83.3 Å². The standard InChI is InChI=1S/C23H20N4O4/c1-29-18-6-2-15(3-7-18)11-22-26-25-21-9-5-17(13-27(21)22)23(28)24-12-16-4-8-19-20(10-16)31-14-30-19/h2-10,13H,11-12,14H2,1H3,(H,24,28). The van der Waals surface area contributed by atoms with Gasteiger partial charge in [0.15, 0.2) is 17.1 Å². The maximum atomic E-state index is 12.7. The molecule has 3 heterocycles. The Morgan fingerprint density at radius 3 is 2.68 bits per heavy atom. The summed E-state index contributed by atoms with van der Waals surface area (Å²) >= 11 is 0. The largest absolute Gasteiger partial charge is 0.497 e. The summed E-state index contributed by atoms with van der Waals surface area (Å²) in [4.78, 5) is 12.7. The Morgan fingerprint density at radius 2 is 1.84 bits per heavy atom. The van der Waals surface area contributed by atoms with Gasteiger partial charge in [0.05, 0.1) is 12.7 Å². The van der Waals surface area contributed by atoms with Crippen LogP contribution in [0.5, 0.6) is 17.2 Å². The van der Waals surface area contributed by atoms with Crippen LogP contribution in [0.4, 0.5) is 0 Å². The number of methoxy groups -OCH3 is 1. The molecule has 2 aromatic carbocycles. The lowest BCUT2D eigenvalue weighted by Crippen LogP contribution is -2.23. The predicted molar refractivity (Wildman–Crippen MR) is 113 cm³/mol. The van der Waals surface area contributed by atoms with Gasteiger partial charge in [-0.15, -0.1) is 10.2 Å². The molecule has 31 heavy (non-hydrogen) atoms. The average Bonchev–Trinajstić information content (AvgIpc) is 3.44. The van der Waals surface area contributed by atoms with Crippen LogP contribution in [-0.4, -0.2) is 34.4 Å². The first kappa shape index (κ1) is 18.9. The average molecular weight is 416 g/mol. The molecule has 8 nitrogen and oxygen atoms in total. The van der Waals surface area contributed by atoms with E-state index in [-0.39, 0.29) is 12.7 Å². The number of pyridine rings is 1. The number of carbonyl (C=O) groups is 1. The molecular weight excluding hydrogens is 396 g/mol. The summed E-state index contributed by atoms with van der Waals surface area (Å²) in [6, 6.07) is 17.0. The van der Waals surface area contributed by atoms with Gasteiger partial charge in [0, 0.05) is 19.2 Å². The summed E-state index contributed by atoms with van der Waals surface area (Å²) in [6.45, 7) is 0.608. The SMILES string of the molecule is COc1ccc(Cc2nnc3ccc(C(=O)NCc4ccc5c(c4)OCO5)cn23)cc1. The van der Waals surface area contributed by atoms with Crippen molar-refractivity contribution in [2.24, 2.45) is 0 Å². The normalized spacial score (nSPS) is 12.2. The number of hydrogen-bond donors (Lipinski definition) is 1. The zero-order valence-corrected chi connectivity index (χ0v) is 16.9. The molecule has 1 amide bonds. The number of fused-ring (bicyclic) bond motifs is 2. The molecule has 1 aliphatic rings. The monoisotopic (exact) mass is 416 g/mol. The van der Waals surface area contributed by atoms with Crippen molar-refractivity contribution in [2.45, 2.75) is 13.0 Å². The molecule has 0 atom stereocenters. The second-order valence-corrected chi connectivity index (χ2v) is 7.16. The lowest BCUT2D eigenvalue weighted by Gasteiger charge is -2.08. The number of nitrogens with zero attached hydrogens (tertiary/aromatic N) is 3. The summed E-state index contributed by atoms with van der Waals surface area (Å²) in [5.41, 5.74) is 3.23. The molecule has 0 aliphatic carbocycles. The van der Waals surface area contributed by atoms with E-state index < -0.39 is 0 Å². The number of benzene rings is 2. The van der Waals surface area contributed by atoms with Crippen LogP contribution in [0.1, 0.15) is 27.3 Å². The zero-order valence-electron chi connectivity index (χ0n) is 16.9. The van der Waals surface area contributed by atoms with Crippen molar-refractivity contribution in [3.63, 3.8) is 0 Å². The molecule has 2 aromatic heterocycles. The zero-order chi connectivity index (χ0) is 21.2. The van der Waals surface area contributed by atoms with Crippen LogP contribution in [0.3, 0.4) is 0 Å². The third-order valence-electron chi connectivity index (χ3n) is 5.15. The number of carbonyl (C=O) groups excluding carboxylic acids is 1. The second-order valence-electron chi connectivity index (χ2n) is 7.16. The van der Waals surface area contributed by atoms with E-state index in [4.69, 9.17) is 14.2 Å². The molecule has 0 radical (unpaired) electrons. The minimum Gasteiger partial charge on any atom is -0.497 e. The van der Waals surface area contributed by atoms with Gasteiger partial charge in [0.1, 0.15) is 11.6 Å². The fourth-order valence-corrected chi connectivity index (χ4v) is 3.45. The van der Waals surface area contributed by atoms with E-state index in [0.29, 0.717) is 29.9 Å². The van der Waals surface area contributed by atoms with Crippen molar-refractivity contribution in [3.8, 4) is 17.2 Å². The van der Waals surface area contributed by atoms with Crippen LogP contribution < -0.4 is 19.5 Å². The summed E-state index contributed by atoms with van der Waals surface area (Å²) in [6.07, 6.45) is 2.36. The van der Waals surface area contributed by atoms with Gasteiger partial charge >= 0.3 is 0 Å². The van der Waals surface area contributed by atoms with Crippen LogP contribution in [0.25, 0.3) is 5.65 Å². The third-order valence-corrected chi connectivity index (χ3v) is 5.15. The molecule has 0 bridgehead atoms. The highest BCUT2D eigenvalue weighted by Crippen LogP contribution is 2.32. The molecule has 5 rings (SSSR count). The van der Waals surface area contributed by atoms with Crippen LogP contribution in [-0.2, 0) is 13.0 Å². The first-order valence-corrected chi connectivity index (χ1v) is 9.83. The van der Waals surface area contributed by atoms with Crippen molar-refractivity contribution in [1.29, 1.82) is 0 Å². The van der Waals surface area contributed by atoms with E-state index in [9.17, 15) is 4.79 Å². The number of aromatic nitrogens is 3. The Kier molecular flexibility index (Phi) is 4.87. The Bertz CT molecular complexity index is 1250. The predicted octanol–water partition coefficient (Wildman–Crippen LogP) is 2.99. The lowest BCUT2D eigenvalue weighted by atomic mass is 10.1. The minimum atomic E-state index is -0.177. The van der Waals surface area contributed by atoms with Gasteiger partial charge < -0.3 is 19.5 Å². The van der Waals surface area contributed by atoms with Crippen LogP contribution in [0.15, 0.2) is 60.8 Å². The van der Waals surface area contributed by atoms with E-state index in [0.717, 1.165) is 28.5 Å². The summed E-state index contributed by atoms with van der Waals surface area (Å²) in [5, 5.41) is 11.4. The Morgan fingerprint density at radius 1 is 1.03 bits per heavy atom. The van der Waals surface area contributed by atoms with Crippen molar-refractivity contribution < 1.29 is 19.0 Å². The molecule has 0 saturated heterocycles. The molecule has 0 spiro atoms. The Balaban J connectivity index is 1.31. The maximum Gasteiger partial charge on any atom is 0.253 e. The van der Waals surface area contributed by atoms with Gasteiger partial charge in [0.25, 0.3) is 5.91 Å². The molecule has 4 aromatic rings. The van der Waals surface area contributed by atoms with Gasteiger partial charge in [0.2, 0.25) is 6.79 Å². The van der Waals surface area contributed by atoms with Crippen molar-refractivity contribution in [2.75, 3.05) is 13.9 Å². The van der Waals surface area contributed by atoms with E-state index in [2.05, 4.69) is 15.5 Å². The van der Waals surface area contributed by atoms with E-state index in [1.807, 2.05) is 46.9 Å². The summed E-state index contributed by atoms with van der Waals surface area (Å²) < 4.78 is 17.8. The number of hydrogen-bond acceptors (Lipinski definition) is 6. The Labute approximate surface area is 178 Å². The quantitative estimate of drug-likeness (QED) is 0.520. The summed E-state index contributed by atoms with van der Waals surface area (Å²) in [7, 11) is 1.64. The first-order chi connectivity index (χ1) is 15.2. The highest BCUT2D eigenvalue weighted by atomic mass is 16.7. The molecule has 0 unspecified atom stereocenters. The van der Waals surface area contributed by atoms with Gasteiger partial charge in [-0.3, -0.25) is 9.20 Å². The minimum absolute atomic E-state index is 0.177. The smallest absolute Gasteiger partial charge is 0.253 e. The second kappa shape index (κ2) is 7.98. The molecule has 1 N–H and O–H groups in total. The number of rotatable bonds is 6. The maximum absolute atomic E-state index is 12.7. The van der Waals surface area contributed by atoms with Gasteiger partial charge in [-0.2, -0.15) is 0 Å². The van der Waals surface area contributed by atoms with Gasteiger partial charge in [-0.05, 0) is 47.5 Å². The molecule has 0 fully saturated rings. The lowest BCUT2D eigenvalue weighted by molar-refractivity contribution is 0.0950. The van der Waals surface area contributed by atoms with Gasteiger partial charge in [-0.1, -0.05) is 18.2 Å². The van der Waals surface area contributed by atoms with Gasteiger partial charge in [-0.25, -0.2) is 0 Å². The van der Waals surface area contributed by atoms with Crippen LogP contribution in [0, 0.1) is 0 Å². The molecule has 0 saturated carbocycles. The fourth-order valence-electron chi connectivity index (χ4n) is 3.45. The highest BCUT2D eigenvalue weighted by Gasteiger charge is 2.14. The van der Waals surface area contributed by atoms with Crippen molar-refractivity contribution >= 4 is 11.6 Å². The van der Waals surface area contributed by atoms with Crippen LogP contribution in [0.2, 0.25) is 0 Å². The van der Waals surface area contributed by atoms with E-state index in [1.54, 1.807) is 25.4 Å². The van der Waals surface area contributed by atoms with E-state index in [1.165, 1.54) is 0 Å².